The molecule has 0 spiro atoms. The lowest BCUT2D eigenvalue weighted by molar-refractivity contribution is -0.182. The van der Waals surface area contributed by atoms with Crippen LogP contribution in [0.25, 0.3) is 0 Å². The molecular weight excluding hydrogens is 171 g/mol. The Balaban J connectivity index is 2.35. The predicted octanol–water partition coefficient (Wildman–Crippen LogP) is 1.13. The van der Waals surface area contributed by atoms with E-state index >= 15 is 0 Å². The maximum atomic E-state index is 12.4. The number of hydrogen-bond donors (Lipinski definition) is 0. The summed E-state index contributed by atoms with van der Waals surface area (Å²) in [6, 6.07) is 0. The third kappa shape index (κ3) is 0.835. The summed E-state index contributed by atoms with van der Waals surface area (Å²) in [7, 11) is 0. The molecule has 1 fully saturated rings. The van der Waals surface area contributed by atoms with E-state index < -0.39 is 11.7 Å². The van der Waals surface area contributed by atoms with Crippen LogP contribution in [-0.4, -0.2) is 21.2 Å². The van der Waals surface area contributed by atoms with Crippen LogP contribution in [-0.2, 0) is 5.54 Å². The molecule has 1 heterocycles. The number of aromatic nitrogens is 3. The topological polar surface area (TPSA) is 30.7 Å². The van der Waals surface area contributed by atoms with Crippen LogP contribution in [0.4, 0.5) is 13.2 Å². The van der Waals surface area contributed by atoms with Gasteiger partial charge in [-0.15, -0.1) is 5.10 Å². The molecule has 2 rings (SSSR count). The Labute approximate surface area is 66.2 Å². The van der Waals surface area contributed by atoms with Crippen molar-refractivity contribution in [2.24, 2.45) is 0 Å². The third-order valence-electron chi connectivity index (χ3n) is 2.07. The van der Waals surface area contributed by atoms with Crippen LogP contribution in [0.5, 0.6) is 0 Å². The predicted molar refractivity (Wildman–Crippen MR) is 32.1 cm³/mol. The van der Waals surface area contributed by atoms with Crippen molar-refractivity contribution in [3.63, 3.8) is 0 Å². The quantitative estimate of drug-likeness (QED) is 0.642. The average molecular weight is 176 g/mol. The van der Waals surface area contributed by atoms with Gasteiger partial charge in [-0.05, 0) is 12.8 Å². The SMILES string of the molecule is FC(F)(F)C1(n2c[c]nn2)CC1. The fourth-order valence-corrected chi connectivity index (χ4v) is 1.15. The zero-order chi connectivity index (χ0) is 8.82. The molecule has 0 aromatic carbocycles. The molecule has 0 saturated heterocycles. The van der Waals surface area contributed by atoms with Crippen molar-refractivity contribution in [1.82, 2.24) is 15.0 Å². The van der Waals surface area contributed by atoms with Crippen molar-refractivity contribution in [2.45, 2.75) is 24.6 Å². The van der Waals surface area contributed by atoms with Gasteiger partial charge in [-0.2, -0.15) is 13.2 Å². The maximum absolute atomic E-state index is 12.4. The minimum atomic E-state index is -4.23. The van der Waals surface area contributed by atoms with Gasteiger partial charge in [0.1, 0.15) is 6.20 Å². The van der Waals surface area contributed by atoms with Crippen LogP contribution >= 0.6 is 0 Å². The molecule has 0 N–H and O–H groups in total. The van der Waals surface area contributed by atoms with Crippen molar-refractivity contribution in [3.8, 4) is 0 Å². The van der Waals surface area contributed by atoms with Crippen LogP contribution in [0.2, 0.25) is 0 Å². The Hall–Kier alpha value is -1.07. The highest BCUT2D eigenvalue weighted by Crippen LogP contribution is 2.54. The fraction of sp³-hybridized carbons (Fsp3) is 0.667. The van der Waals surface area contributed by atoms with Gasteiger partial charge in [-0.3, -0.25) is 0 Å². The zero-order valence-corrected chi connectivity index (χ0v) is 5.97. The van der Waals surface area contributed by atoms with Gasteiger partial charge >= 0.3 is 6.18 Å². The number of nitrogens with zero attached hydrogens (tertiary/aromatic N) is 3. The molecule has 0 atom stereocenters. The van der Waals surface area contributed by atoms with Gasteiger partial charge in [0.2, 0.25) is 0 Å². The second-order valence-electron chi connectivity index (χ2n) is 2.82. The van der Waals surface area contributed by atoms with E-state index in [0.29, 0.717) is 0 Å². The molecule has 0 aliphatic heterocycles. The van der Waals surface area contributed by atoms with E-state index in [1.54, 1.807) is 0 Å². The number of halogens is 3. The highest BCUT2D eigenvalue weighted by atomic mass is 19.4. The van der Waals surface area contributed by atoms with Crippen molar-refractivity contribution in [1.29, 1.82) is 0 Å². The van der Waals surface area contributed by atoms with Gasteiger partial charge in [-0.1, -0.05) is 5.21 Å². The van der Waals surface area contributed by atoms with Crippen molar-refractivity contribution >= 4 is 0 Å². The average Bonchev–Trinajstić information content (AvgIpc) is 2.61. The van der Waals surface area contributed by atoms with E-state index in [-0.39, 0.29) is 12.8 Å². The lowest BCUT2D eigenvalue weighted by Gasteiger charge is -2.18. The fourth-order valence-electron chi connectivity index (χ4n) is 1.15. The monoisotopic (exact) mass is 176 g/mol. The van der Waals surface area contributed by atoms with Crippen LogP contribution < -0.4 is 0 Å². The molecule has 1 aromatic heterocycles. The molecule has 1 aliphatic carbocycles. The molecule has 0 bridgehead atoms. The van der Waals surface area contributed by atoms with E-state index in [2.05, 4.69) is 16.5 Å². The molecule has 1 radical (unpaired) electrons. The first kappa shape index (κ1) is 7.57. The van der Waals surface area contributed by atoms with Crippen molar-refractivity contribution in [2.75, 3.05) is 0 Å². The summed E-state index contributed by atoms with van der Waals surface area (Å²) in [6.07, 6.45) is -0.670. The van der Waals surface area contributed by atoms with E-state index in [4.69, 9.17) is 0 Å². The summed E-state index contributed by atoms with van der Waals surface area (Å²) in [6.45, 7) is 0. The maximum Gasteiger partial charge on any atom is 0.413 e. The number of hydrogen-bond acceptors (Lipinski definition) is 2. The molecule has 3 nitrogen and oxygen atoms in total. The summed E-state index contributed by atoms with van der Waals surface area (Å²) in [4.78, 5) is 0. The molecular formula is C6H5F3N3. The van der Waals surface area contributed by atoms with Crippen molar-refractivity contribution < 1.29 is 13.2 Å². The minimum absolute atomic E-state index is 0.0910. The summed E-state index contributed by atoms with van der Waals surface area (Å²) < 4.78 is 37.9. The zero-order valence-electron chi connectivity index (χ0n) is 5.97. The summed E-state index contributed by atoms with van der Waals surface area (Å²) in [5.74, 6) is 0. The highest BCUT2D eigenvalue weighted by molar-refractivity contribution is 5.04. The largest absolute Gasteiger partial charge is 0.413 e. The van der Waals surface area contributed by atoms with Crippen LogP contribution in [0.3, 0.4) is 0 Å². The van der Waals surface area contributed by atoms with Gasteiger partial charge in [0, 0.05) is 0 Å². The van der Waals surface area contributed by atoms with Crippen LogP contribution in [0.15, 0.2) is 6.20 Å². The Morgan fingerprint density at radius 3 is 2.42 bits per heavy atom. The van der Waals surface area contributed by atoms with E-state index in [0.717, 1.165) is 10.9 Å². The first-order valence-corrected chi connectivity index (χ1v) is 3.42. The Bertz CT molecular complexity index is 273. The van der Waals surface area contributed by atoms with Crippen LogP contribution in [0, 0.1) is 6.20 Å². The van der Waals surface area contributed by atoms with Crippen molar-refractivity contribution in [3.05, 3.63) is 12.4 Å². The molecule has 0 amide bonds. The van der Waals surface area contributed by atoms with E-state index in [9.17, 15) is 13.2 Å². The Morgan fingerprint density at radius 2 is 2.08 bits per heavy atom. The molecule has 1 aromatic rings. The second-order valence-corrected chi connectivity index (χ2v) is 2.82. The molecule has 6 heteroatoms. The molecule has 1 saturated carbocycles. The van der Waals surface area contributed by atoms with Gasteiger partial charge in [0.05, 0.1) is 6.20 Å². The first-order chi connectivity index (χ1) is 5.56. The first-order valence-electron chi connectivity index (χ1n) is 3.42. The minimum Gasteiger partial charge on any atom is -0.237 e. The van der Waals surface area contributed by atoms with Crippen LogP contribution in [0.1, 0.15) is 12.8 Å². The number of alkyl halides is 3. The number of rotatable bonds is 1. The molecule has 12 heavy (non-hydrogen) atoms. The second kappa shape index (κ2) is 1.99. The molecule has 65 valence electrons. The van der Waals surface area contributed by atoms with Gasteiger partial charge in [0.25, 0.3) is 0 Å². The lowest BCUT2D eigenvalue weighted by atomic mass is 10.3. The highest BCUT2D eigenvalue weighted by Gasteiger charge is 2.65. The Morgan fingerprint density at radius 1 is 1.42 bits per heavy atom. The summed E-state index contributed by atoms with van der Waals surface area (Å²) in [5.41, 5.74) is -1.78. The third-order valence-corrected chi connectivity index (χ3v) is 2.07. The van der Waals surface area contributed by atoms with E-state index in [1.165, 1.54) is 0 Å². The van der Waals surface area contributed by atoms with Gasteiger partial charge < -0.3 is 0 Å². The van der Waals surface area contributed by atoms with E-state index in [1.807, 2.05) is 0 Å². The molecule has 0 unspecified atom stereocenters. The lowest BCUT2D eigenvalue weighted by Crippen LogP contribution is -2.35. The summed E-state index contributed by atoms with van der Waals surface area (Å²) >= 11 is 0. The molecule has 1 aliphatic rings. The standard InChI is InChI=1S/C6H5F3N3/c7-6(8,9)5(1-2-5)12-4-3-10-11-12/h4H,1-2H2. The summed E-state index contributed by atoms with van der Waals surface area (Å²) in [5, 5.41) is 6.54. The smallest absolute Gasteiger partial charge is 0.237 e. The normalized spacial score (nSPS) is 20.9. The van der Waals surface area contributed by atoms with Gasteiger partial charge in [0.15, 0.2) is 5.54 Å². The van der Waals surface area contributed by atoms with Gasteiger partial charge in [-0.25, -0.2) is 4.68 Å². The Kier molecular flexibility index (Phi) is 1.26.